The Balaban J connectivity index is 1.16. The van der Waals surface area contributed by atoms with Crippen LogP contribution in [0.1, 0.15) is 51.4 Å². The van der Waals surface area contributed by atoms with E-state index >= 15 is 0 Å². The summed E-state index contributed by atoms with van der Waals surface area (Å²) < 4.78 is 0. The van der Waals surface area contributed by atoms with Gasteiger partial charge in [-0.25, -0.2) is 4.79 Å². The molecule has 5 rings (SSSR count). The largest absolute Gasteiger partial charge is 0.353 e. The molecule has 5 fully saturated rings. The van der Waals surface area contributed by atoms with Crippen molar-refractivity contribution in [1.82, 2.24) is 20.0 Å². The number of amides is 4. The summed E-state index contributed by atoms with van der Waals surface area (Å²) in [6, 6.07) is 0.730. The Morgan fingerprint density at radius 3 is 2.46 bits per heavy atom. The van der Waals surface area contributed by atoms with Crippen molar-refractivity contribution in [3.8, 4) is 0 Å². The Bertz CT molecular complexity index is 656. The molecule has 0 aromatic rings. The molecule has 0 aromatic heterocycles. The fraction of sp³-hybridized carbons (Fsp3) is 0.857. The van der Waals surface area contributed by atoms with Crippen molar-refractivity contribution >= 4 is 17.8 Å². The number of hydrogen-bond acceptors (Lipinski definition) is 3. The molecule has 0 aromatic carbocycles. The molecule has 2 bridgehead atoms. The zero-order valence-electron chi connectivity index (χ0n) is 16.6. The molecule has 1 aliphatic carbocycles. The molecule has 7 nitrogen and oxygen atoms in total. The summed E-state index contributed by atoms with van der Waals surface area (Å²) >= 11 is 0. The first kappa shape index (κ1) is 18.3. The molecule has 0 radical (unpaired) electrons. The number of fused-ring (bicyclic) bond motifs is 4. The van der Waals surface area contributed by atoms with Gasteiger partial charge in [0.15, 0.2) is 0 Å². The minimum absolute atomic E-state index is 0.164. The van der Waals surface area contributed by atoms with E-state index in [0.717, 1.165) is 77.7 Å². The molecule has 0 unspecified atom stereocenters. The molecule has 1 saturated carbocycles. The second-order valence-electron chi connectivity index (χ2n) is 9.60. The minimum Gasteiger partial charge on any atom is -0.353 e. The summed E-state index contributed by atoms with van der Waals surface area (Å²) in [6.07, 6.45) is 7.73. The van der Waals surface area contributed by atoms with E-state index in [0.29, 0.717) is 30.2 Å². The van der Waals surface area contributed by atoms with Crippen LogP contribution in [-0.4, -0.2) is 77.4 Å². The van der Waals surface area contributed by atoms with Crippen molar-refractivity contribution in [3.05, 3.63) is 0 Å². The minimum atomic E-state index is 0.164. The first-order valence-electron chi connectivity index (χ1n) is 11.2. The Hall–Kier alpha value is -1.79. The number of urea groups is 1. The van der Waals surface area contributed by atoms with E-state index < -0.39 is 0 Å². The van der Waals surface area contributed by atoms with Crippen LogP contribution in [0.15, 0.2) is 0 Å². The Morgan fingerprint density at radius 2 is 1.71 bits per heavy atom. The van der Waals surface area contributed by atoms with Gasteiger partial charge in [0.25, 0.3) is 0 Å². The third kappa shape index (κ3) is 3.48. The molecule has 4 amide bonds. The van der Waals surface area contributed by atoms with Crippen molar-refractivity contribution in [2.45, 2.75) is 63.5 Å². The number of nitrogens with zero attached hydrogens (tertiary/aromatic N) is 3. The fourth-order valence-corrected chi connectivity index (χ4v) is 5.85. The Kier molecular flexibility index (Phi) is 4.71. The van der Waals surface area contributed by atoms with E-state index in [-0.39, 0.29) is 23.9 Å². The topological polar surface area (TPSA) is 73.0 Å². The van der Waals surface area contributed by atoms with E-state index in [1.165, 1.54) is 0 Å². The van der Waals surface area contributed by atoms with Crippen molar-refractivity contribution < 1.29 is 14.4 Å². The molecule has 1 N–H and O–H groups in total. The van der Waals surface area contributed by atoms with Crippen LogP contribution < -0.4 is 5.32 Å². The second-order valence-corrected chi connectivity index (χ2v) is 9.60. The lowest BCUT2D eigenvalue weighted by Gasteiger charge is -2.53. The highest BCUT2D eigenvalue weighted by Crippen LogP contribution is 2.38. The van der Waals surface area contributed by atoms with E-state index in [4.69, 9.17) is 0 Å². The third-order valence-corrected chi connectivity index (χ3v) is 7.51. The summed E-state index contributed by atoms with van der Waals surface area (Å²) in [6.45, 7) is 3.87. The van der Waals surface area contributed by atoms with Crippen LogP contribution >= 0.6 is 0 Å². The maximum atomic E-state index is 13.1. The van der Waals surface area contributed by atoms with Gasteiger partial charge >= 0.3 is 6.03 Å². The summed E-state index contributed by atoms with van der Waals surface area (Å²) in [4.78, 5) is 43.5. The van der Waals surface area contributed by atoms with Crippen LogP contribution in [-0.2, 0) is 9.59 Å². The van der Waals surface area contributed by atoms with Gasteiger partial charge in [-0.05, 0) is 56.8 Å². The van der Waals surface area contributed by atoms with Crippen molar-refractivity contribution in [2.24, 2.45) is 17.8 Å². The molecule has 4 aliphatic heterocycles. The van der Waals surface area contributed by atoms with Crippen molar-refractivity contribution in [3.63, 3.8) is 0 Å². The van der Waals surface area contributed by atoms with E-state index in [9.17, 15) is 14.4 Å². The van der Waals surface area contributed by atoms with Gasteiger partial charge in [0.2, 0.25) is 11.8 Å². The molecule has 5 aliphatic rings. The number of carbonyl (C=O) groups excluding carboxylic acids is 3. The molecule has 4 heterocycles. The lowest BCUT2D eigenvalue weighted by Crippen LogP contribution is -2.62. The van der Waals surface area contributed by atoms with Crippen molar-refractivity contribution in [2.75, 3.05) is 32.7 Å². The van der Waals surface area contributed by atoms with Crippen LogP contribution in [0.25, 0.3) is 0 Å². The zero-order valence-corrected chi connectivity index (χ0v) is 16.6. The lowest BCUT2D eigenvalue weighted by atomic mass is 9.76. The monoisotopic (exact) mass is 388 g/mol. The SMILES string of the molecule is O=C(NC1CCN(C(=O)N2C[C@H]3C[C@H](C2)[C@H]2CCCC(=O)N2C3)CC1)C1CC1. The summed E-state index contributed by atoms with van der Waals surface area (Å²) in [5.41, 5.74) is 0. The van der Waals surface area contributed by atoms with Gasteiger partial charge in [0.05, 0.1) is 0 Å². The van der Waals surface area contributed by atoms with Gasteiger partial charge in [-0.15, -0.1) is 0 Å². The summed E-state index contributed by atoms with van der Waals surface area (Å²) in [5, 5.41) is 3.16. The molecule has 0 spiro atoms. The van der Waals surface area contributed by atoms with Gasteiger partial charge in [-0.2, -0.15) is 0 Å². The third-order valence-electron chi connectivity index (χ3n) is 7.51. The molecular weight excluding hydrogens is 356 g/mol. The summed E-state index contributed by atoms with van der Waals surface area (Å²) in [7, 11) is 0. The molecule has 4 saturated heterocycles. The average molecular weight is 389 g/mol. The predicted molar refractivity (Wildman–Crippen MR) is 103 cm³/mol. The van der Waals surface area contributed by atoms with Crippen LogP contribution in [0.3, 0.4) is 0 Å². The highest BCUT2D eigenvalue weighted by Gasteiger charge is 2.45. The molecular formula is C21H32N4O3. The quantitative estimate of drug-likeness (QED) is 0.778. The van der Waals surface area contributed by atoms with Gasteiger partial charge in [0.1, 0.15) is 0 Å². The maximum absolute atomic E-state index is 13.1. The van der Waals surface area contributed by atoms with Gasteiger partial charge in [-0.3, -0.25) is 9.59 Å². The summed E-state index contributed by atoms with van der Waals surface area (Å²) in [5.74, 6) is 1.65. The first-order chi connectivity index (χ1) is 13.6. The molecule has 3 atom stereocenters. The maximum Gasteiger partial charge on any atom is 0.320 e. The van der Waals surface area contributed by atoms with E-state index in [1.807, 2.05) is 4.90 Å². The van der Waals surface area contributed by atoms with Gasteiger partial charge in [0, 0.05) is 57.1 Å². The predicted octanol–water partition coefficient (Wildman–Crippen LogP) is 1.43. The highest BCUT2D eigenvalue weighted by atomic mass is 16.2. The van der Waals surface area contributed by atoms with Crippen LogP contribution in [0.4, 0.5) is 4.79 Å². The normalized spacial score (nSPS) is 33.5. The van der Waals surface area contributed by atoms with Crippen LogP contribution in [0.5, 0.6) is 0 Å². The van der Waals surface area contributed by atoms with E-state index in [2.05, 4.69) is 15.1 Å². The van der Waals surface area contributed by atoms with Crippen LogP contribution in [0, 0.1) is 17.8 Å². The number of carbonyl (C=O) groups is 3. The Labute approximate surface area is 166 Å². The molecule has 28 heavy (non-hydrogen) atoms. The number of nitrogens with one attached hydrogen (secondary N) is 1. The smallest absolute Gasteiger partial charge is 0.320 e. The number of piperidine rings is 4. The number of likely N-dealkylation sites (tertiary alicyclic amines) is 2. The number of hydrogen-bond donors (Lipinski definition) is 1. The lowest BCUT2D eigenvalue weighted by molar-refractivity contribution is -0.144. The average Bonchev–Trinajstić information content (AvgIpc) is 3.54. The zero-order chi connectivity index (χ0) is 19.3. The first-order valence-corrected chi connectivity index (χ1v) is 11.2. The van der Waals surface area contributed by atoms with Gasteiger partial charge in [-0.1, -0.05) is 0 Å². The highest BCUT2D eigenvalue weighted by molar-refractivity contribution is 5.81. The van der Waals surface area contributed by atoms with Crippen molar-refractivity contribution in [1.29, 1.82) is 0 Å². The fourth-order valence-electron chi connectivity index (χ4n) is 5.85. The van der Waals surface area contributed by atoms with E-state index in [1.54, 1.807) is 0 Å². The van der Waals surface area contributed by atoms with Gasteiger partial charge < -0.3 is 20.0 Å². The molecule has 7 heteroatoms. The van der Waals surface area contributed by atoms with Crippen LogP contribution in [0.2, 0.25) is 0 Å². The second kappa shape index (κ2) is 7.23. The Morgan fingerprint density at radius 1 is 0.929 bits per heavy atom. The number of rotatable bonds is 2. The molecule has 154 valence electrons. The standard InChI is InChI=1S/C21H32N4O3/c26-19-3-1-2-18-16-10-14(12-25(18)19)11-24(13-16)21(28)23-8-6-17(7-9-23)22-20(27)15-4-5-15/h14-18H,1-13H2,(H,22,27)/t14-,16-,18-/m1/s1.